The maximum Gasteiger partial charge on any atom is 0.274 e. The van der Waals surface area contributed by atoms with Gasteiger partial charge >= 0.3 is 0 Å². The predicted molar refractivity (Wildman–Crippen MR) is 149 cm³/mol. The summed E-state index contributed by atoms with van der Waals surface area (Å²) < 4.78 is 59.9. The summed E-state index contributed by atoms with van der Waals surface area (Å²) >= 11 is -2.39. The molecule has 0 aliphatic carbocycles. The SMILES string of the molecule is CN1CCN(Cc2c[nH]c3c(=O)n(C)cc(-c4cc(CCNS(=O)[O-])ccc4Oc4ccc(F)cc4F)c23)CC1. The van der Waals surface area contributed by atoms with Gasteiger partial charge in [0.25, 0.3) is 5.56 Å². The highest BCUT2D eigenvalue weighted by molar-refractivity contribution is 7.77. The third-order valence-electron chi connectivity index (χ3n) is 7.16. The Balaban J connectivity index is 1.63. The van der Waals surface area contributed by atoms with Gasteiger partial charge in [-0.1, -0.05) is 6.07 Å². The van der Waals surface area contributed by atoms with Gasteiger partial charge in [-0.15, -0.1) is 0 Å². The van der Waals surface area contributed by atoms with Crippen molar-refractivity contribution in [2.45, 2.75) is 13.0 Å². The van der Waals surface area contributed by atoms with Gasteiger partial charge in [0.1, 0.15) is 17.1 Å². The summed E-state index contributed by atoms with van der Waals surface area (Å²) in [4.78, 5) is 20.9. The zero-order chi connectivity index (χ0) is 28.4. The molecule has 1 unspecified atom stereocenters. The van der Waals surface area contributed by atoms with Crippen LogP contribution < -0.4 is 15.0 Å². The summed E-state index contributed by atoms with van der Waals surface area (Å²) in [5.41, 5.74) is 3.29. The van der Waals surface area contributed by atoms with E-state index in [2.05, 4.69) is 26.6 Å². The van der Waals surface area contributed by atoms with Crippen LogP contribution in [0, 0.1) is 11.6 Å². The van der Waals surface area contributed by atoms with Gasteiger partial charge < -0.3 is 23.7 Å². The minimum atomic E-state index is -2.39. The molecule has 40 heavy (non-hydrogen) atoms. The molecule has 1 fully saturated rings. The maximum absolute atomic E-state index is 14.6. The molecule has 2 N–H and O–H groups in total. The number of nitrogens with one attached hydrogen (secondary N) is 2. The molecule has 1 atom stereocenters. The van der Waals surface area contributed by atoms with Crippen LogP contribution in [0.4, 0.5) is 8.78 Å². The van der Waals surface area contributed by atoms with Crippen LogP contribution in [0.1, 0.15) is 11.1 Å². The Kier molecular flexibility index (Phi) is 8.43. The first-order valence-corrected chi connectivity index (χ1v) is 14.0. The standard InChI is InChI=1S/C28H31F2N5O4S/c1-33-9-11-35(12-10-33)16-19-15-31-27-26(19)22(17-34(2)28(27)36)21-13-18(7-8-32-40(37)38)3-5-24(21)39-25-6-4-20(29)14-23(25)30/h3-6,13-15,17,31-32H,7-12,16H2,1-2H3,(H,37,38)/p-1. The smallest absolute Gasteiger partial charge is 0.274 e. The van der Waals surface area contributed by atoms with Gasteiger partial charge in [-0.3, -0.25) is 13.9 Å². The molecule has 2 aromatic heterocycles. The van der Waals surface area contributed by atoms with Crippen LogP contribution in [-0.2, 0) is 31.3 Å². The number of nitrogens with zero attached hydrogens (tertiary/aromatic N) is 3. The predicted octanol–water partition coefficient (Wildman–Crippen LogP) is 3.28. The van der Waals surface area contributed by atoms with E-state index in [4.69, 9.17) is 4.74 Å². The molecular formula is C28H30F2N5O4S-. The van der Waals surface area contributed by atoms with Crippen LogP contribution in [0.25, 0.3) is 22.0 Å². The van der Waals surface area contributed by atoms with Crippen LogP contribution in [0.15, 0.2) is 53.6 Å². The lowest BCUT2D eigenvalue weighted by Gasteiger charge is -2.32. The van der Waals surface area contributed by atoms with Crippen LogP contribution in [-0.4, -0.2) is 67.9 Å². The zero-order valence-electron chi connectivity index (χ0n) is 22.2. The average Bonchev–Trinajstić information content (AvgIpc) is 3.33. The van der Waals surface area contributed by atoms with Crippen molar-refractivity contribution in [3.05, 3.63) is 81.9 Å². The first-order chi connectivity index (χ1) is 19.2. The van der Waals surface area contributed by atoms with Crippen molar-refractivity contribution in [2.75, 3.05) is 39.8 Å². The number of likely N-dealkylation sites (N-methyl/N-ethyl adjacent to an activating group) is 1. The number of piperazine rings is 1. The van der Waals surface area contributed by atoms with E-state index in [0.29, 0.717) is 35.4 Å². The molecular weight excluding hydrogens is 540 g/mol. The summed E-state index contributed by atoms with van der Waals surface area (Å²) in [5, 5.41) is 0.738. The summed E-state index contributed by atoms with van der Waals surface area (Å²) in [7, 11) is 3.75. The summed E-state index contributed by atoms with van der Waals surface area (Å²) in [6.07, 6.45) is 3.97. The molecule has 212 valence electrons. The molecule has 9 nitrogen and oxygen atoms in total. The van der Waals surface area contributed by atoms with Crippen molar-refractivity contribution in [2.24, 2.45) is 7.05 Å². The number of pyridine rings is 1. The van der Waals surface area contributed by atoms with E-state index in [1.54, 1.807) is 25.4 Å². The number of H-pyrrole nitrogens is 1. The van der Waals surface area contributed by atoms with Gasteiger partial charge in [-0.25, -0.2) is 13.5 Å². The van der Waals surface area contributed by atoms with Crippen molar-refractivity contribution in [3.63, 3.8) is 0 Å². The third kappa shape index (κ3) is 6.16. The fourth-order valence-electron chi connectivity index (χ4n) is 5.00. The monoisotopic (exact) mass is 570 g/mol. The Morgan fingerprint density at radius 2 is 1.80 bits per heavy atom. The van der Waals surface area contributed by atoms with Crippen molar-refractivity contribution in [3.8, 4) is 22.6 Å². The number of hydrogen-bond donors (Lipinski definition) is 2. The number of aromatic nitrogens is 2. The minimum absolute atomic E-state index is 0.147. The van der Waals surface area contributed by atoms with E-state index in [9.17, 15) is 22.3 Å². The second-order valence-corrected chi connectivity index (χ2v) is 10.7. The zero-order valence-corrected chi connectivity index (χ0v) is 23.0. The Labute approximate surface area is 232 Å². The molecule has 12 heteroatoms. The van der Waals surface area contributed by atoms with E-state index >= 15 is 0 Å². The normalized spacial score (nSPS) is 15.5. The van der Waals surface area contributed by atoms with Crippen molar-refractivity contribution >= 4 is 22.2 Å². The van der Waals surface area contributed by atoms with Crippen LogP contribution in [0.2, 0.25) is 0 Å². The number of benzene rings is 2. The van der Waals surface area contributed by atoms with Gasteiger partial charge in [0.15, 0.2) is 11.6 Å². The quantitative estimate of drug-likeness (QED) is 0.299. The van der Waals surface area contributed by atoms with Crippen molar-refractivity contribution in [1.82, 2.24) is 24.1 Å². The minimum Gasteiger partial charge on any atom is -0.760 e. The Morgan fingerprint density at radius 3 is 2.52 bits per heavy atom. The Morgan fingerprint density at radius 1 is 1.05 bits per heavy atom. The van der Waals surface area contributed by atoms with Gasteiger partial charge in [-0.2, -0.15) is 0 Å². The number of aromatic amines is 1. The van der Waals surface area contributed by atoms with E-state index in [1.165, 1.54) is 10.6 Å². The molecule has 2 aromatic carbocycles. The van der Waals surface area contributed by atoms with E-state index in [-0.39, 0.29) is 17.9 Å². The fourth-order valence-corrected chi connectivity index (χ4v) is 5.27. The van der Waals surface area contributed by atoms with Crippen LogP contribution >= 0.6 is 0 Å². The highest BCUT2D eigenvalue weighted by Crippen LogP contribution is 2.39. The lowest BCUT2D eigenvalue weighted by atomic mass is 9.97. The van der Waals surface area contributed by atoms with Crippen molar-refractivity contribution in [1.29, 1.82) is 0 Å². The van der Waals surface area contributed by atoms with Gasteiger partial charge in [-0.05, 0) is 48.9 Å². The molecule has 5 rings (SSSR count). The highest BCUT2D eigenvalue weighted by Gasteiger charge is 2.22. The molecule has 4 aromatic rings. The Hall–Kier alpha value is -3.42. The maximum atomic E-state index is 14.6. The number of aryl methyl sites for hydroxylation is 1. The molecule has 1 aliphatic rings. The second-order valence-electron chi connectivity index (χ2n) is 9.99. The highest BCUT2D eigenvalue weighted by atomic mass is 32.2. The van der Waals surface area contributed by atoms with E-state index < -0.39 is 22.9 Å². The van der Waals surface area contributed by atoms with Gasteiger partial charge in [0.2, 0.25) is 0 Å². The largest absolute Gasteiger partial charge is 0.760 e. The molecule has 0 amide bonds. The number of hydrogen-bond acceptors (Lipinski definition) is 6. The molecule has 0 saturated carbocycles. The van der Waals surface area contributed by atoms with E-state index in [1.807, 2.05) is 12.3 Å². The van der Waals surface area contributed by atoms with Crippen LogP contribution in [0.5, 0.6) is 11.5 Å². The van der Waals surface area contributed by atoms with Crippen molar-refractivity contribution < 1.29 is 22.3 Å². The summed E-state index contributed by atoms with van der Waals surface area (Å²) in [5.74, 6) is -1.41. The average molecular weight is 571 g/mol. The van der Waals surface area contributed by atoms with Crippen LogP contribution in [0.3, 0.4) is 0 Å². The first-order valence-electron chi connectivity index (χ1n) is 12.9. The number of ether oxygens (including phenoxy) is 1. The topological polar surface area (TPSA) is 106 Å². The molecule has 3 heterocycles. The van der Waals surface area contributed by atoms with E-state index in [0.717, 1.165) is 54.8 Å². The number of halogens is 2. The lowest BCUT2D eigenvalue weighted by Crippen LogP contribution is -2.43. The molecule has 0 bridgehead atoms. The first kappa shape index (κ1) is 28.1. The summed E-state index contributed by atoms with van der Waals surface area (Å²) in [6.45, 7) is 4.50. The number of fused-ring (bicyclic) bond motifs is 1. The molecule has 0 radical (unpaired) electrons. The summed E-state index contributed by atoms with van der Waals surface area (Å²) in [6, 6.07) is 8.37. The fraction of sp³-hybridized carbons (Fsp3) is 0.321. The third-order valence-corrected chi connectivity index (χ3v) is 7.60. The molecule has 1 aliphatic heterocycles. The Bertz CT molecular complexity index is 1610. The van der Waals surface area contributed by atoms with Gasteiger partial charge in [0.05, 0.1) is 0 Å². The van der Waals surface area contributed by atoms with Gasteiger partial charge in [0, 0.05) is 92.6 Å². The molecule has 0 spiro atoms. The lowest BCUT2D eigenvalue weighted by molar-refractivity contribution is 0.148. The number of rotatable bonds is 9. The molecule has 1 saturated heterocycles. The second kappa shape index (κ2) is 12.0.